The minimum absolute atomic E-state index is 0.0929. The van der Waals surface area contributed by atoms with Gasteiger partial charge in [-0.15, -0.1) is 0 Å². The Hall–Kier alpha value is -3.49. The van der Waals surface area contributed by atoms with Gasteiger partial charge in [-0.25, -0.2) is 4.68 Å². The topological polar surface area (TPSA) is 75.4 Å². The SMILES string of the molecule is CN1CCN(CCNC(=O)Cn2ncc3c4ccccc4n(Cc4ccccc4)c3c2=O)CC1. The predicted molar refractivity (Wildman–Crippen MR) is 134 cm³/mol. The Morgan fingerprint density at radius 2 is 1.71 bits per heavy atom. The van der Waals surface area contributed by atoms with E-state index in [9.17, 15) is 9.59 Å². The third-order valence-electron chi connectivity index (χ3n) is 6.60. The fourth-order valence-electron chi connectivity index (χ4n) is 4.65. The van der Waals surface area contributed by atoms with Crippen LogP contribution in [0.4, 0.5) is 0 Å². The van der Waals surface area contributed by atoms with Crippen LogP contribution in [0.25, 0.3) is 21.8 Å². The summed E-state index contributed by atoms with van der Waals surface area (Å²) in [5.41, 5.74) is 2.41. The molecule has 34 heavy (non-hydrogen) atoms. The standard InChI is InChI=1S/C26H30N6O2/c1-29-13-15-30(16-14-29)12-11-27-24(33)19-32-26(34)25-22(17-28-32)21-9-5-6-10-23(21)31(25)18-20-7-3-2-4-8-20/h2-10,17H,11-16,18-19H2,1H3,(H,27,33). The zero-order valence-electron chi connectivity index (χ0n) is 19.5. The van der Waals surface area contributed by atoms with Crippen molar-refractivity contribution in [1.29, 1.82) is 0 Å². The lowest BCUT2D eigenvalue weighted by Crippen LogP contribution is -2.47. The first-order valence-electron chi connectivity index (χ1n) is 11.8. The summed E-state index contributed by atoms with van der Waals surface area (Å²) in [6.07, 6.45) is 1.71. The molecule has 0 unspecified atom stereocenters. The summed E-state index contributed by atoms with van der Waals surface area (Å²) in [5.74, 6) is -0.200. The minimum Gasteiger partial charge on any atom is -0.353 e. The number of rotatable bonds is 7. The molecule has 1 amide bonds. The Balaban J connectivity index is 1.37. The number of hydrogen-bond donors (Lipinski definition) is 1. The molecule has 1 aliphatic rings. The first-order chi connectivity index (χ1) is 16.6. The van der Waals surface area contributed by atoms with E-state index in [0.717, 1.165) is 54.6 Å². The van der Waals surface area contributed by atoms with Crippen LogP contribution in [0.1, 0.15) is 5.56 Å². The van der Waals surface area contributed by atoms with Crippen LogP contribution in [-0.4, -0.2) is 76.4 Å². The number of benzene rings is 2. The van der Waals surface area contributed by atoms with Crippen LogP contribution in [0.3, 0.4) is 0 Å². The second-order valence-electron chi connectivity index (χ2n) is 8.95. The molecule has 0 atom stereocenters. The van der Waals surface area contributed by atoms with E-state index in [0.29, 0.717) is 18.6 Å². The molecule has 0 spiro atoms. The van der Waals surface area contributed by atoms with Gasteiger partial charge >= 0.3 is 0 Å². The molecule has 8 nitrogen and oxygen atoms in total. The first-order valence-corrected chi connectivity index (χ1v) is 11.8. The number of carbonyl (C=O) groups excluding carboxylic acids is 1. The normalized spacial score (nSPS) is 15.2. The van der Waals surface area contributed by atoms with Crippen molar-refractivity contribution in [2.75, 3.05) is 46.3 Å². The maximum Gasteiger partial charge on any atom is 0.291 e. The average molecular weight is 459 g/mol. The molecule has 0 saturated carbocycles. The summed E-state index contributed by atoms with van der Waals surface area (Å²) in [5, 5.41) is 9.08. The monoisotopic (exact) mass is 458 g/mol. The van der Waals surface area contributed by atoms with Crippen molar-refractivity contribution >= 4 is 27.7 Å². The summed E-state index contributed by atoms with van der Waals surface area (Å²) in [6, 6.07) is 18.0. The van der Waals surface area contributed by atoms with Crippen molar-refractivity contribution in [3.05, 3.63) is 76.7 Å². The number of likely N-dealkylation sites (N-methyl/N-ethyl adjacent to an activating group) is 1. The molecular weight excluding hydrogens is 428 g/mol. The number of aromatic nitrogens is 3. The molecular formula is C26H30N6O2. The Labute approximate surface area is 198 Å². The van der Waals surface area contributed by atoms with Crippen molar-refractivity contribution in [3.8, 4) is 0 Å². The first kappa shape index (κ1) is 22.3. The van der Waals surface area contributed by atoms with Crippen molar-refractivity contribution in [2.24, 2.45) is 0 Å². The highest BCUT2D eigenvalue weighted by Crippen LogP contribution is 2.27. The number of nitrogens with zero attached hydrogens (tertiary/aromatic N) is 5. The fraction of sp³-hybridized carbons (Fsp3) is 0.346. The van der Waals surface area contributed by atoms with Gasteiger partial charge in [0.05, 0.1) is 6.20 Å². The number of piperazine rings is 1. The molecule has 0 bridgehead atoms. The van der Waals surface area contributed by atoms with E-state index in [1.807, 2.05) is 59.2 Å². The van der Waals surface area contributed by atoms with Gasteiger partial charge in [0.2, 0.25) is 5.91 Å². The van der Waals surface area contributed by atoms with Gasteiger partial charge in [0.25, 0.3) is 5.56 Å². The van der Waals surface area contributed by atoms with Crippen LogP contribution in [0.2, 0.25) is 0 Å². The molecule has 2 aromatic heterocycles. The smallest absolute Gasteiger partial charge is 0.291 e. The van der Waals surface area contributed by atoms with Gasteiger partial charge in [-0.05, 0) is 18.7 Å². The lowest BCUT2D eigenvalue weighted by Gasteiger charge is -2.32. The third-order valence-corrected chi connectivity index (χ3v) is 6.60. The molecule has 1 aliphatic heterocycles. The van der Waals surface area contributed by atoms with E-state index in [1.54, 1.807) is 6.20 Å². The number of fused-ring (bicyclic) bond motifs is 3. The summed E-state index contributed by atoms with van der Waals surface area (Å²) in [6.45, 7) is 5.96. The lowest BCUT2D eigenvalue weighted by atomic mass is 10.2. The molecule has 0 aliphatic carbocycles. The number of hydrogen-bond acceptors (Lipinski definition) is 5. The zero-order valence-corrected chi connectivity index (χ0v) is 19.5. The van der Waals surface area contributed by atoms with E-state index in [2.05, 4.69) is 27.3 Å². The molecule has 8 heteroatoms. The van der Waals surface area contributed by atoms with Crippen LogP contribution in [-0.2, 0) is 17.9 Å². The van der Waals surface area contributed by atoms with Crippen LogP contribution in [0.15, 0.2) is 65.6 Å². The van der Waals surface area contributed by atoms with Crippen LogP contribution < -0.4 is 10.9 Å². The zero-order chi connectivity index (χ0) is 23.5. The van der Waals surface area contributed by atoms with E-state index in [4.69, 9.17) is 0 Å². The lowest BCUT2D eigenvalue weighted by molar-refractivity contribution is -0.122. The maximum atomic E-state index is 13.5. The third kappa shape index (κ3) is 4.60. The molecule has 3 heterocycles. The van der Waals surface area contributed by atoms with Gasteiger partial charge in [-0.2, -0.15) is 5.10 Å². The highest BCUT2D eigenvalue weighted by molar-refractivity contribution is 6.07. The minimum atomic E-state index is -0.251. The average Bonchev–Trinajstić information content (AvgIpc) is 3.17. The quantitative estimate of drug-likeness (QED) is 0.457. The Bertz CT molecular complexity index is 1350. The van der Waals surface area contributed by atoms with Crippen LogP contribution in [0, 0.1) is 0 Å². The molecule has 5 rings (SSSR count). The highest BCUT2D eigenvalue weighted by Gasteiger charge is 2.18. The van der Waals surface area contributed by atoms with Crippen molar-refractivity contribution in [1.82, 2.24) is 29.5 Å². The molecule has 1 fully saturated rings. The molecule has 0 radical (unpaired) electrons. The summed E-state index contributed by atoms with van der Waals surface area (Å²) >= 11 is 0. The molecule has 1 saturated heterocycles. The molecule has 2 aromatic carbocycles. The number of para-hydroxylation sites is 1. The van der Waals surface area contributed by atoms with E-state index < -0.39 is 0 Å². The molecule has 176 valence electrons. The largest absolute Gasteiger partial charge is 0.353 e. The number of amides is 1. The highest BCUT2D eigenvalue weighted by atomic mass is 16.2. The number of nitrogens with one attached hydrogen (secondary N) is 1. The summed E-state index contributed by atoms with van der Waals surface area (Å²) in [7, 11) is 2.12. The molecule has 4 aromatic rings. The maximum absolute atomic E-state index is 13.5. The summed E-state index contributed by atoms with van der Waals surface area (Å²) in [4.78, 5) is 30.7. The van der Waals surface area contributed by atoms with Gasteiger partial charge in [0, 0.05) is 62.1 Å². The Morgan fingerprint density at radius 1 is 0.971 bits per heavy atom. The van der Waals surface area contributed by atoms with Gasteiger partial charge in [0.1, 0.15) is 12.1 Å². The number of carbonyl (C=O) groups is 1. The van der Waals surface area contributed by atoms with Gasteiger partial charge in [-0.1, -0.05) is 48.5 Å². The van der Waals surface area contributed by atoms with Crippen LogP contribution >= 0.6 is 0 Å². The van der Waals surface area contributed by atoms with E-state index in [-0.39, 0.29) is 18.0 Å². The van der Waals surface area contributed by atoms with Crippen molar-refractivity contribution in [3.63, 3.8) is 0 Å². The van der Waals surface area contributed by atoms with Crippen molar-refractivity contribution in [2.45, 2.75) is 13.1 Å². The van der Waals surface area contributed by atoms with E-state index in [1.165, 1.54) is 4.68 Å². The van der Waals surface area contributed by atoms with E-state index >= 15 is 0 Å². The van der Waals surface area contributed by atoms with Crippen LogP contribution in [0.5, 0.6) is 0 Å². The van der Waals surface area contributed by atoms with Gasteiger partial charge < -0.3 is 14.8 Å². The molecule has 1 N–H and O–H groups in total. The van der Waals surface area contributed by atoms with Gasteiger partial charge in [-0.3, -0.25) is 14.5 Å². The van der Waals surface area contributed by atoms with Gasteiger partial charge in [0.15, 0.2) is 0 Å². The predicted octanol–water partition coefficient (Wildman–Crippen LogP) is 1.76. The Kier molecular flexibility index (Phi) is 6.42. The second-order valence-corrected chi connectivity index (χ2v) is 8.95. The Morgan fingerprint density at radius 3 is 2.50 bits per heavy atom. The fourth-order valence-corrected chi connectivity index (χ4v) is 4.65. The summed E-state index contributed by atoms with van der Waals surface area (Å²) < 4.78 is 3.31. The van der Waals surface area contributed by atoms with Crippen molar-refractivity contribution < 1.29 is 4.79 Å². The second kappa shape index (κ2) is 9.79.